The highest BCUT2D eigenvalue weighted by Gasteiger charge is 2.27. The quantitative estimate of drug-likeness (QED) is 0.734. The molecule has 1 aromatic carbocycles. The van der Waals surface area contributed by atoms with Gasteiger partial charge in [-0.3, -0.25) is 9.59 Å². The zero-order valence-corrected chi connectivity index (χ0v) is 15.5. The predicted molar refractivity (Wildman–Crippen MR) is 96.6 cm³/mol. The van der Waals surface area contributed by atoms with E-state index in [-0.39, 0.29) is 12.5 Å². The molecular formula is C17H20N2O3S2. The van der Waals surface area contributed by atoms with E-state index in [1.165, 1.54) is 0 Å². The zero-order valence-electron chi connectivity index (χ0n) is 13.8. The second-order valence-electron chi connectivity index (χ2n) is 6.04. The molecule has 0 aliphatic heterocycles. The Labute approximate surface area is 149 Å². The zero-order chi connectivity index (χ0) is 17.7. The van der Waals surface area contributed by atoms with Gasteiger partial charge in [0.2, 0.25) is 0 Å². The molecule has 0 atom stereocenters. The van der Waals surface area contributed by atoms with Gasteiger partial charge < -0.3 is 10.4 Å². The van der Waals surface area contributed by atoms with Crippen LogP contribution in [0.2, 0.25) is 0 Å². The summed E-state index contributed by atoms with van der Waals surface area (Å²) in [6.07, 6.45) is 0. The molecule has 2 N–H and O–H groups in total. The van der Waals surface area contributed by atoms with E-state index in [0.29, 0.717) is 5.56 Å². The maximum atomic E-state index is 12.1. The van der Waals surface area contributed by atoms with Gasteiger partial charge in [0, 0.05) is 28.1 Å². The smallest absolute Gasteiger partial charge is 0.310 e. The van der Waals surface area contributed by atoms with Crippen LogP contribution in [0, 0.1) is 12.3 Å². The van der Waals surface area contributed by atoms with Crippen molar-refractivity contribution in [3.05, 3.63) is 45.9 Å². The molecule has 5 nitrogen and oxygen atoms in total. The summed E-state index contributed by atoms with van der Waals surface area (Å²) in [4.78, 5) is 28.6. The van der Waals surface area contributed by atoms with Gasteiger partial charge in [-0.15, -0.1) is 23.1 Å². The van der Waals surface area contributed by atoms with Crippen molar-refractivity contribution in [2.75, 3.05) is 6.54 Å². The normalized spacial score (nSPS) is 11.3. The molecule has 128 valence electrons. The number of aliphatic carboxylic acids is 1. The molecule has 0 radical (unpaired) electrons. The van der Waals surface area contributed by atoms with Crippen LogP contribution < -0.4 is 5.32 Å². The average Bonchev–Trinajstić information content (AvgIpc) is 2.96. The number of aromatic nitrogens is 1. The van der Waals surface area contributed by atoms with Crippen molar-refractivity contribution in [2.45, 2.75) is 31.4 Å². The molecule has 0 bridgehead atoms. The molecule has 7 heteroatoms. The lowest BCUT2D eigenvalue weighted by Gasteiger charge is -2.19. The van der Waals surface area contributed by atoms with Crippen molar-refractivity contribution in [3.63, 3.8) is 0 Å². The number of carbonyl (C=O) groups excluding carboxylic acids is 1. The van der Waals surface area contributed by atoms with E-state index in [1.54, 1.807) is 49.1 Å². The predicted octanol–water partition coefficient (Wildman–Crippen LogP) is 3.58. The fourth-order valence-corrected chi connectivity index (χ4v) is 3.32. The number of nitrogens with one attached hydrogen (secondary N) is 1. The van der Waals surface area contributed by atoms with Crippen LogP contribution in [0.3, 0.4) is 0 Å². The number of hydrogen-bond acceptors (Lipinski definition) is 5. The van der Waals surface area contributed by atoms with Crippen LogP contribution in [0.5, 0.6) is 0 Å². The largest absolute Gasteiger partial charge is 0.481 e. The summed E-state index contributed by atoms with van der Waals surface area (Å²) in [7, 11) is 0. The molecule has 24 heavy (non-hydrogen) atoms. The van der Waals surface area contributed by atoms with Gasteiger partial charge in [0.1, 0.15) is 0 Å². The molecule has 0 saturated carbocycles. The summed E-state index contributed by atoms with van der Waals surface area (Å²) in [5.74, 6) is -0.411. The molecule has 1 heterocycles. The third-order valence-electron chi connectivity index (χ3n) is 3.44. The lowest BCUT2D eigenvalue weighted by atomic mass is 9.94. The van der Waals surface area contributed by atoms with E-state index in [9.17, 15) is 9.59 Å². The lowest BCUT2D eigenvalue weighted by molar-refractivity contribution is -0.146. The van der Waals surface area contributed by atoms with Gasteiger partial charge in [-0.05, 0) is 45.0 Å². The molecule has 0 unspecified atom stereocenters. The molecular weight excluding hydrogens is 344 g/mol. The molecule has 0 saturated heterocycles. The van der Waals surface area contributed by atoms with E-state index in [0.717, 1.165) is 21.3 Å². The lowest BCUT2D eigenvalue weighted by Crippen LogP contribution is -2.38. The first-order chi connectivity index (χ1) is 11.3. The van der Waals surface area contributed by atoms with Gasteiger partial charge in [0.25, 0.3) is 5.91 Å². The number of amides is 1. The highest BCUT2D eigenvalue weighted by Crippen LogP contribution is 2.24. The van der Waals surface area contributed by atoms with E-state index < -0.39 is 11.4 Å². The fraction of sp³-hybridized carbons (Fsp3) is 0.353. The second-order valence-corrected chi connectivity index (χ2v) is 8.15. The Balaban J connectivity index is 1.89. The average molecular weight is 364 g/mol. The standard InChI is InChI=1S/C17H20N2O3S2/c1-11-19-13(8-23-11)9-24-14-6-4-12(5-7-14)15(20)18-10-17(2,3)16(21)22/h4-8H,9-10H2,1-3H3,(H,18,20)(H,21,22). The SMILES string of the molecule is Cc1nc(CSc2ccc(C(=O)NCC(C)(C)C(=O)O)cc2)cs1. The number of carbonyl (C=O) groups is 2. The van der Waals surface area contributed by atoms with E-state index in [2.05, 4.69) is 10.3 Å². The van der Waals surface area contributed by atoms with Crippen molar-refractivity contribution in [1.29, 1.82) is 0 Å². The minimum absolute atomic E-state index is 0.0842. The van der Waals surface area contributed by atoms with Gasteiger partial charge >= 0.3 is 5.97 Å². The molecule has 0 fully saturated rings. The van der Waals surface area contributed by atoms with Gasteiger partial charge in [-0.25, -0.2) is 4.98 Å². The third-order valence-corrected chi connectivity index (χ3v) is 5.31. The number of carboxylic acid groups (broad SMARTS) is 1. The number of hydrogen-bond donors (Lipinski definition) is 2. The Bertz CT molecular complexity index is 724. The summed E-state index contributed by atoms with van der Waals surface area (Å²) in [5.41, 5.74) is 0.585. The summed E-state index contributed by atoms with van der Waals surface area (Å²) in [6.45, 7) is 5.23. The van der Waals surface area contributed by atoms with Gasteiger partial charge in [-0.2, -0.15) is 0 Å². The van der Waals surface area contributed by atoms with E-state index in [4.69, 9.17) is 5.11 Å². The van der Waals surface area contributed by atoms with E-state index in [1.807, 2.05) is 24.4 Å². The Kier molecular flexibility index (Phi) is 6.01. The summed E-state index contributed by atoms with van der Waals surface area (Å²) >= 11 is 3.30. The highest BCUT2D eigenvalue weighted by atomic mass is 32.2. The number of rotatable bonds is 7. The molecule has 1 amide bonds. The van der Waals surface area contributed by atoms with Crippen molar-refractivity contribution in [2.24, 2.45) is 5.41 Å². The van der Waals surface area contributed by atoms with Crippen LogP contribution in [-0.4, -0.2) is 28.5 Å². The highest BCUT2D eigenvalue weighted by molar-refractivity contribution is 7.98. The Morgan fingerprint density at radius 1 is 1.29 bits per heavy atom. The van der Waals surface area contributed by atoms with Crippen LogP contribution in [0.15, 0.2) is 34.5 Å². The van der Waals surface area contributed by atoms with E-state index >= 15 is 0 Å². The fourth-order valence-electron chi connectivity index (χ4n) is 1.81. The summed E-state index contributed by atoms with van der Waals surface area (Å²) in [6, 6.07) is 7.28. The van der Waals surface area contributed by atoms with Crippen molar-refractivity contribution in [1.82, 2.24) is 10.3 Å². The molecule has 1 aromatic heterocycles. The van der Waals surface area contributed by atoms with Crippen LogP contribution >= 0.6 is 23.1 Å². The first kappa shape index (κ1) is 18.5. The van der Waals surface area contributed by atoms with Crippen molar-refractivity contribution in [3.8, 4) is 0 Å². The molecule has 2 aromatic rings. The Morgan fingerprint density at radius 2 is 1.96 bits per heavy atom. The number of benzene rings is 1. The van der Waals surface area contributed by atoms with Crippen LogP contribution in [0.25, 0.3) is 0 Å². The first-order valence-electron chi connectivity index (χ1n) is 7.43. The minimum Gasteiger partial charge on any atom is -0.481 e. The number of thioether (sulfide) groups is 1. The maximum absolute atomic E-state index is 12.1. The number of carboxylic acids is 1. The Morgan fingerprint density at radius 3 is 2.50 bits per heavy atom. The van der Waals surface area contributed by atoms with Gasteiger partial charge in [0.15, 0.2) is 0 Å². The monoisotopic (exact) mass is 364 g/mol. The van der Waals surface area contributed by atoms with Gasteiger partial charge in [0.05, 0.1) is 16.1 Å². The van der Waals surface area contributed by atoms with Crippen LogP contribution in [0.1, 0.15) is 34.9 Å². The molecule has 0 spiro atoms. The second kappa shape index (κ2) is 7.81. The summed E-state index contributed by atoms with van der Waals surface area (Å²) < 4.78 is 0. The van der Waals surface area contributed by atoms with Gasteiger partial charge in [-0.1, -0.05) is 0 Å². The number of nitrogens with zero attached hydrogens (tertiary/aromatic N) is 1. The minimum atomic E-state index is -0.989. The summed E-state index contributed by atoms with van der Waals surface area (Å²) in [5, 5.41) is 14.8. The molecule has 2 rings (SSSR count). The van der Waals surface area contributed by atoms with Crippen molar-refractivity contribution >= 4 is 35.0 Å². The number of thiazole rings is 1. The molecule has 0 aliphatic carbocycles. The molecule has 0 aliphatic rings. The van der Waals surface area contributed by atoms with Crippen LogP contribution in [0.4, 0.5) is 0 Å². The van der Waals surface area contributed by atoms with Crippen LogP contribution in [-0.2, 0) is 10.5 Å². The Hall–Kier alpha value is -1.86. The topological polar surface area (TPSA) is 79.3 Å². The maximum Gasteiger partial charge on any atom is 0.310 e. The third kappa shape index (κ3) is 5.07. The van der Waals surface area contributed by atoms with Crippen molar-refractivity contribution < 1.29 is 14.7 Å². The number of aryl methyl sites for hydroxylation is 1. The first-order valence-corrected chi connectivity index (χ1v) is 9.30.